The van der Waals surface area contributed by atoms with Gasteiger partial charge < -0.3 is 9.80 Å². The zero-order valence-electron chi connectivity index (χ0n) is 15.4. The second kappa shape index (κ2) is 9.20. The molecule has 1 saturated heterocycles. The smallest absolute Gasteiger partial charge is 0.253 e. The number of aryl methyl sites for hydroxylation is 1. The number of halogens is 1. The first kappa shape index (κ1) is 18.9. The van der Waals surface area contributed by atoms with Crippen molar-refractivity contribution in [2.75, 3.05) is 26.7 Å². The highest BCUT2D eigenvalue weighted by atomic mass is 35.5. The Hall–Kier alpha value is -1.84. The predicted molar refractivity (Wildman–Crippen MR) is 108 cm³/mol. The minimum atomic E-state index is 0.158. The third-order valence-electron chi connectivity index (χ3n) is 5.31. The Morgan fingerprint density at radius 2 is 1.73 bits per heavy atom. The highest BCUT2D eigenvalue weighted by molar-refractivity contribution is 6.31. The summed E-state index contributed by atoms with van der Waals surface area (Å²) < 4.78 is 0. The first-order chi connectivity index (χ1) is 12.6. The third-order valence-corrected chi connectivity index (χ3v) is 5.68. The molecule has 0 N–H and O–H groups in total. The highest BCUT2D eigenvalue weighted by Gasteiger charge is 2.25. The van der Waals surface area contributed by atoms with Crippen molar-refractivity contribution in [3.05, 3.63) is 70.7 Å². The van der Waals surface area contributed by atoms with Crippen molar-refractivity contribution in [2.45, 2.75) is 31.7 Å². The molecule has 1 aliphatic rings. The molecule has 0 radical (unpaired) electrons. The average molecular weight is 371 g/mol. The lowest BCUT2D eigenvalue weighted by atomic mass is 10.0. The van der Waals surface area contributed by atoms with E-state index in [1.54, 1.807) is 0 Å². The van der Waals surface area contributed by atoms with Crippen molar-refractivity contribution in [3.8, 4) is 0 Å². The number of amides is 1. The number of benzene rings is 2. The lowest BCUT2D eigenvalue weighted by molar-refractivity contribution is 0.0645. The quantitative estimate of drug-likeness (QED) is 0.746. The maximum absolute atomic E-state index is 12.5. The van der Waals surface area contributed by atoms with Crippen LogP contribution in [-0.2, 0) is 6.42 Å². The van der Waals surface area contributed by atoms with Crippen LogP contribution in [0.3, 0.4) is 0 Å². The summed E-state index contributed by atoms with van der Waals surface area (Å²) >= 11 is 6.23. The van der Waals surface area contributed by atoms with E-state index in [9.17, 15) is 4.79 Å². The van der Waals surface area contributed by atoms with E-state index in [0.29, 0.717) is 6.04 Å². The van der Waals surface area contributed by atoms with E-state index in [-0.39, 0.29) is 5.91 Å². The molecule has 0 aliphatic carbocycles. The molecule has 138 valence electrons. The van der Waals surface area contributed by atoms with Crippen LogP contribution in [0.1, 0.15) is 35.2 Å². The second-order valence-corrected chi connectivity index (χ2v) is 7.47. The lowest BCUT2D eigenvalue weighted by Crippen LogP contribution is -2.45. The number of hydrogen-bond donors (Lipinski definition) is 0. The number of piperidine rings is 1. The molecule has 0 saturated carbocycles. The standard InChI is InChI=1S/C22H27ClN2O/c1-24(15-7-11-18-8-5-6-12-21(18)23)20-13-16-25(17-14-20)22(26)19-9-3-2-4-10-19/h2-6,8-10,12,20H,7,11,13-17H2,1H3. The summed E-state index contributed by atoms with van der Waals surface area (Å²) in [6.07, 6.45) is 4.20. The second-order valence-electron chi connectivity index (χ2n) is 7.06. The molecule has 1 fully saturated rings. The van der Waals surface area contributed by atoms with Crippen molar-refractivity contribution >= 4 is 17.5 Å². The van der Waals surface area contributed by atoms with Crippen LogP contribution < -0.4 is 0 Å². The first-order valence-corrected chi connectivity index (χ1v) is 9.81. The molecule has 0 bridgehead atoms. The largest absolute Gasteiger partial charge is 0.339 e. The maximum atomic E-state index is 12.5. The summed E-state index contributed by atoms with van der Waals surface area (Å²) in [5.41, 5.74) is 2.02. The molecule has 1 aliphatic heterocycles. The van der Waals surface area contributed by atoms with E-state index >= 15 is 0 Å². The van der Waals surface area contributed by atoms with Gasteiger partial charge in [-0.2, -0.15) is 0 Å². The van der Waals surface area contributed by atoms with Gasteiger partial charge in [0.2, 0.25) is 0 Å². The van der Waals surface area contributed by atoms with E-state index in [1.807, 2.05) is 53.4 Å². The number of carbonyl (C=O) groups excluding carboxylic acids is 1. The molecule has 26 heavy (non-hydrogen) atoms. The molecular formula is C22H27ClN2O. The van der Waals surface area contributed by atoms with E-state index in [0.717, 1.165) is 55.9 Å². The fourth-order valence-corrected chi connectivity index (χ4v) is 3.91. The zero-order valence-corrected chi connectivity index (χ0v) is 16.2. The topological polar surface area (TPSA) is 23.6 Å². The van der Waals surface area contributed by atoms with Gasteiger partial charge in [-0.1, -0.05) is 48.0 Å². The summed E-state index contributed by atoms with van der Waals surface area (Å²) in [7, 11) is 2.20. The SMILES string of the molecule is CN(CCCc1ccccc1Cl)C1CCN(C(=O)c2ccccc2)CC1. The Balaban J connectivity index is 1.43. The van der Waals surface area contributed by atoms with Gasteiger partial charge in [0.1, 0.15) is 0 Å². The van der Waals surface area contributed by atoms with Crippen molar-refractivity contribution < 1.29 is 4.79 Å². The van der Waals surface area contributed by atoms with Crippen molar-refractivity contribution in [3.63, 3.8) is 0 Å². The van der Waals surface area contributed by atoms with Gasteiger partial charge in [0.25, 0.3) is 5.91 Å². The third kappa shape index (κ3) is 4.87. The molecule has 4 heteroatoms. The van der Waals surface area contributed by atoms with Crippen molar-refractivity contribution in [1.29, 1.82) is 0 Å². The van der Waals surface area contributed by atoms with Crippen molar-refractivity contribution in [1.82, 2.24) is 9.80 Å². The molecule has 2 aromatic rings. The van der Waals surface area contributed by atoms with Crippen LogP contribution in [-0.4, -0.2) is 48.4 Å². The van der Waals surface area contributed by atoms with Crippen LogP contribution in [0.4, 0.5) is 0 Å². The fraction of sp³-hybridized carbons (Fsp3) is 0.409. The number of nitrogens with zero attached hydrogens (tertiary/aromatic N) is 2. The Morgan fingerprint density at radius 3 is 2.42 bits per heavy atom. The van der Waals surface area contributed by atoms with Gasteiger partial charge in [-0.05, 0) is 63.0 Å². The summed E-state index contributed by atoms with van der Waals surface area (Å²) in [4.78, 5) is 17.0. The van der Waals surface area contributed by atoms with Gasteiger partial charge in [-0.15, -0.1) is 0 Å². The number of carbonyl (C=O) groups is 1. The Morgan fingerprint density at radius 1 is 1.08 bits per heavy atom. The Labute approximate surface area is 161 Å². The van der Waals surface area contributed by atoms with Crippen LogP contribution in [0.25, 0.3) is 0 Å². The van der Waals surface area contributed by atoms with Gasteiger partial charge in [-0.3, -0.25) is 4.79 Å². The Bertz CT molecular complexity index is 711. The normalized spacial score (nSPS) is 15.4. The molecule has 0 spiro atoms. The van der Waals surface area contributed by atoms with E-state index in [4.69, 9.17) is 11.6 Å². The molecule has 0 aromatic heterocycles. The Kier molecular flexibility index (Phi) is 6.70. The average Bonchev–Trinajstić information content (AvgIpc) is 2.69. The van der Waals surface area contributed by atoms with Gasteiger partial charge in [0.05, 0.1) is 0 Å². The van der Waals surface area contributed by atoms with Crippen molar-refractivity contribution in [2.24, 2.45) is 0 Å². The fourth-order valence-electron chi connectivity index (χ4n) is 3.68. The van der Waals surface area contributed by atoms with Crippen LogP contribution in [0, 0.1) is 0 Å². The van der Waals surface area contributed by atoms with Gasteiger partial charge in [0.15, 0.2) is 0 Å². The van der Waals surface area contributed by atoms with E-state index < -0.39 is 0 Å². The summed E-state index contributed by atoms with van der Waals surface area (Å²) in [5.74, 6) is 0.158. The van der Waals surface area contributed by atoms with Crippen LogP contribution in [0.5, 0.6) is 0 Å². The molecular weight excluding hydrogens is 344 g/mol. The first-order valence-electron chi connectivity index (χ1n) is 9.43. The molecule has 0 unspecified atom stereocenters. The van der Waals surface area contributed by atoms with Crippen LogP contribution in [0.15, 0.2) is 54.6 Å². The maximum Gasteiger partial charge on any atom is 0.253 e. The van der Waals surface area contributed by atoms with Gasteiger partial charge in [-0.25, -0.2) is 0 Å². The predicted octanol–water partition coefficient (Wildman–Crippen LogP) is 4.51. The van der Waals surface area contributed by atoms with Gasteiger partial charge in [0, 0.05) is 29.7 Å². The van der Waals surface area contributed by atoms with E-state index in [1.165, 1.54) is 5.56 Å². The van der Waals surface area contributed by atoms with Crippen LogP contribution >= 0.6 is 11.6 Å². The minimum Gasteiger partial charge on any atom is -0.339 e. The number of rotatable bonds is 6. The molecule has 3 nitrogen and oxygen atoms in total. The van der Waals surface area contributed by atoms with E-state index in [2.05, 4.69) is 18.0 Å². The molecule has 3 rings (SSSR count). The van der Waals surface area contributed by atoms with Gasteiger partial charge >= 0.3 is 0 Å². The molecule has 1 amide bonds. The summed E-state index contributed by atoms with van der Waals surface area (Å²) in [6, 6.07) is 18.2. The summed E-state index contributed by atoms with van der Waals surface area (Å²) in [6.45, 7) is 2.74. The molecule has 0 atom stereocenters. The monoisotopic (exact) mass is 370 g/mol. The minimum absolute atomic E-state index is 0.158. The zero-order chi connectivity index (χ0) is 18.4. The lowest BCUT2D eigenvalue weighted by Gasteiger charge is -2.37. The molecule has 1 heterocycles. The summed E-state index contributed by atoms with van der Waals surface area (Å²) in [5, 5.41) is 0.864. The number of hydrogen-bond acceptors (Lipinski definition) is 2. The molecule has 2 aromatic carbocycles. The number of likely N-dealkylation sites (tertiary alicyclic amines) is 1. The highest BCUT2D eigenvalue weighted by Crippen LogP contribution is 2.20. The van der Waals surface area contributed by atoms with Crippen LogP contribution in [0.2, 0.25) is 5.02 Å².